The van der Waals surface area contributed by atoms with Crippen molar-refractivity contribution in [3.63, 3.8) is 0 Å². The molecule has 0 aliphatic carbocycles. The van der Waals surface area contributed by atoms with Gasteiger partial charge in [-0.2, -0.15) is 0 Å². The van der Waals surface area contributed by atoms with Crippen molar-refractivity contribution >= 4 is 39.1 Å². The lowest BCUT2D eigenvalue weighted by atomic mass is 10.2. The van der Waals surface area contributed by atoms with Crippen molar-refractivity contribution in [2.24, 2.45) is 0 Å². The fourth-order valence-corrected chi connectivity index (χ4v) is 2.51. The lowest BCUT2D eigenvalue weighted by Crippen LogP contribution is -2.35. The monoisotopic (exact) mass is 318 g/mol. The second kappa shape index (κ2) is 5.35. The fourth-order valence-electron chi connectivity index (χ4n) is 1.73. The number of amides is 1. The molecule has 1 fully saturated rings. The number of hydrogen-bond donors (Lipinski definition) is 3. The molecule has 17 heavy (non-hydrogen) atoms. The van der Waals surface area contributed by atoms with Crippen LogP contribution in [0, 0.1) is 0 Å². The summed E-state index contributed by atoms with van der Waals surface area (Å²) in [5.74, 6) is -0.149. The second-order valence-corrected chi connectivity index (χ2v) is 5.25. The molecular weight excluding hydrogens is 307 g/mol. The van der Waals surface area contributed by atoms with Crippen molar-refractivity contribution < 1.29 is 9.90 Å². The number of anilines is 1. The summed E-state index contributed by atoms with van der Waals surface area (Å²) in [6.07, 6.45) is -0.00348. The minimum absolute atomic E-state index is 0.149. The van der Waals surface area contributed by atoms with Crippen LogP contribution in [0.2, 0.25) is 5.02 Å². The Morgan fingerprint density at radius 3 is 2.94 bits per heavy atom. The van der Waals surface area contributed by atoms with E-state index < -0.39 is 6.10 Å². The van der Waals surface area contributed by atoms with Gasteiger partial charge in [0.1, 0.15) is 0 Å². The molecule has 2 unspecified atom stereocenters. The highest BCUT2D eigenvalue weighted by Crippen LogP contribution is 2.26. The van der Waals surface area contributed by atoms with E-state index in [0.29, 0.717) is 23.7 Å². The molecule has 0 saturated carbocycles. The van der Waals surface area contributed by atoms with Crippen LogP contribution < -0.4 is 10.6 Å². The quantitative estimate of drug-likeness (QED) is 0.778. The molecule has 0 bridgehead atoms. The van der Waals surface area contributed by atoms with Crippen LogP contribution in [0.1, 0.15) is 6.42 Å². The van der Waals surface area contributed by atoms with Gasteiger partial charge in [0.2, 0.25) is 5.91 Å². The topological polar surface area (TPSA) is 61.4 Å². The highest BCUT2D eigenvalue weighted by atomic mass is 79.9. The Bertz CT molecular complexity index is 441. The zero-order chi connectivity index (χ0) is 12.4. The number of benzene rings is 1. The Labute approximate surface area is 112 Å². The number of carbonyl (C=O) groups excluding carboxylic acids is 1. The van der Waals surface area contributed by atoms with E-state index in [4.69, 9.17) is 11.6 Å². The Kier molecular flexibility index (Phi) is 4.04. The Balaban J connectivity index is 2.03. The van der Waals surface area contributed by atoms with Crippen LogP contribution in [0.3, 0.4) is 0 Å². The van der Waals surface area contributed by atoms with Crippen molar-refractivity contribution in [2.75, 3.05) is 11.9 Å². The van der Waals surface area contributed by atoms with Gasteiger partial charge in [0.25, 0.3) is 0 Å². The molecule has 0 radical (unpaired) electrons. The average molecular weight is 320 g/mol. The van der Waals surface area contributed by atoms with Gasteiger partial charge in [0.15, 0.2) is 0 Å². The predicted molar refractivity (Wildman–Crippen MR) is 70.2 cm³/mol. The molecular formula is C11H12BrClN2O2. The van der Waals surface area contributed by atoms with Gasteiger partial charge in [-0.15, -0.1) is 0 Å². The maximum Gasteiger partial charge on any atom is 0.241 e. The Morgan fingerprint density at radius 1 is 1.59 bits per heavy atom. The summed E-state index contributed by atoms with van der Waals surface area (Å²) in [4.78, 5) is 11.9. The fraction of sp³-hybridized carbons (Fsp3) is 0.364. The van der Waals surface area contributed by atoms with Gasteiger partial charge in [0.05, 0.1) is 17.8 Å². The van der Waals surface area contributed by atoms with Crippen LogP contribution >= 0.6 is 27.5 Å². The summed E-state index contributed by atoms with van der Waals surface area (Å²) in [5, 5.41) is 15.7. The molecule has 1 aliphatic heterocycles. The van der Waals surface area contributed by atoms with Crippen LogP contribution in [-0.4, -0.2) is 29.7 Å². The lowest BCUT2D eigenvalue weighted by Gasteiger charge is -2.12. The van der Waals surface area contributed by atoms with Crippen molar-refractivity contribution in [1.82, 2.24) is 5.32 Å². The van der Waals surface area contributed by atoms with Gasteiger partial charge >= 0.3 is 0 Å². The highest BCUT2D eigenvalue weighted by molar-refractivity contribution is 9.10. The standard InChI is InChI=1S/C11H12BrClN2O2/c12-8-3-6(13)1-2-9(8)15-11(17)10-4-7(16)5-14-10/h1-3,7,10,14,16H,4-5H2,(H,15,17). The van der Waals surface area contributed by atoms with E-state index >= 15 is 0 Å². The molecule has 1 aromatic rings. The van der Waals surface area contributed by atoms with Crippen LogP contribution in [0.25, 0.3) is 0 Å². The zero-order valence-corrected chi connectivity index (χ0v) is 11.3. The average Bonchev–Trinajstić information content (AvgIpc) is 2.69. The molecule has 1 aromatic carbocycles. The van der Waals surface area contributed by atoms with Crippen LogP contribution in [-0.2, 0) is 4.79 Å². The lowest BCUT2D eigenvalue weighted by molar-refractivity contribution is -0.117. The first-order valence-electron chi connectivity index (χ1n) is 5.23. The largest absolute Gasteiger partial charge is 0.392 e. The second-order valence-electron chi connectivity index (χ2n) is 3.96. The summed E-state index contributed by atoms with van der Waals surface area (Å²) in [6, 6.07) is 4.82. The molecule has 4 nitrogen and oxygen atoms in total. The number of aliphatic hydroxyl groups is 1. The first kappa shape index (κ1) is 12.8. The third kappa shape index (κ3) is 3.19. The van der Waals surface area contributed by atoms with E-state index in [1.54, 1.807) is 18.2 Å². The van der Waals surface area contributed by atoms with Crippen LogP contribution in [0.4, 0.5) is 5.69 Å². The van der Waals surface area contributed by atoms with Crippen molar-refractivity contribution in [1.29, 1.82) is 0 Å². The molecule has 1 amide bonds. The molecule has 1 aliphatic rings. The van der Waals surface area contributed by atoms with Crippen molar-refractivity contribution in [3.05, 3.63) is 27.7 Å². The molecule has 0 spiro atoms. The number of nitrogens with one attached hydrogen (secondary N) is 2. The van der Waals surface area contributed by atoms with E-state index in [2.05, 4.69) is 26.6 Å². The molecule has 2 atom stereocenters. The zero-order valence-electron chi connectivity index (χ0n) is 8.91. The Hall–Kier alpha value is -0.620. The molecule has 6 heteroatoms. The van der Waals surface area contributed by atoms with Crippen LogP contribution in [0.15, 0.2) is 22.7 Å². The highest BCUT2D eigenvalue weighted by Gasteiger charge is 2.28. The van der Waals surface area contributed by atoms with Crippen LogP contribution in [0.5, 0.6) is 0 Å². The summed E-state index contributed by atoms with van der Waals surface area (Å²) in [7, 11) is 0. The third-order valence-corrected chi connectivity index (χ3v) is 3.50. The number of rotatable bonds is 2. The molecule has 3 N–H and O–H groups in total. The van der Waals surface area contributed by atoms with Crippen molar-refractivity contribution in [2.45, 2.75) is 18.6 Å². The number of aliphatic hydroxyl groups excluding tert-OH is 1. The molecule has 2 rings (SSSR count). The van der Waals surface area contributed by atoms with E-state index in [-0.39, 0.29) is 11.9 Å². The maximum absolute atomic E-state index is 11.9. The molecule has 1 saturated heterocycles. The van der Waals surface area contributed by atoms with E-state index in [9.17, 15) is 9.90 Å². The minimum atomic E-state index is -0.445. The smallest absolute Gasteiger partial charge is 0.241 e. The number of carbonyl (C=O) groups is 1. The van der Waals surface area contributed by atoms with Gasteiger partial charge in [-0.1, -0.05) is 11.6 Å². The molecule has 92 valence electrons. The number of hydrogen-bond acceptors (Lipinski definition) is 3. The first-order valence-corrected chi connectivity index (χ1v) is 6.40. The van der Waals surface area contributed by atoms with Gasteiger partial charge in [0, 0.05) is 16.0 Å². The molecule has 0 aromatic heterocycles. The minimum Gasteiger partial charge on any atom is -0.392 e. The van der Waals surface area contributed by atoms with Gasteiger partial charge < -0.3 is 15.7 Å². The summed E-state index contributed by atoms with van der Waals surface area (Å²) in [5.41, 5.74) is 0.669. The van der Waals surface area contributed by atoms with E-state index in [1.165, 1.54) is 0 Å². The van der Waals surface area contributed by atoms with E-state index in [1.807, 2.05) is 0 Å². The normalized spacial score (nSPS) is 23.7. The Morgan fingerprint density at radius 2 is 2.35 bits per heavy atom. The summed E-state index contributed by atoms with van der Waals surface area (Å²) >= 11 is 9.14. The molecule has 1 heterocycles. The summed E-state index contributed by atoms with van der Waals surface area (Å²) < 4.78 is 0.733. The van der Waals surface area contributed by atoms with Gasteiger partial charge in [-0.25, -0.2) is 0 Å². The third-order valence-electron chi connectivity index (χ3n) is 2.61. The van der Waals surface area contributed by atoms with Gasteiger partial charge in [-0.05, 0) is 40.5 Å². The number of halogens is 2. The SMILES string of the molecule is O=C(Nc1ccc(Cl)cc1Br)C1CC(O)CN1. The maximum atomic E-state index is 11.9. The van der Waals surface area contributed by atoms with Crippen molar-refractivity contribution in [3.8, 4) is 0 Å². The first-order chi connectivity index (χ1) is 8.06. The van der Waals surface area contributed by atoms with E-state index in [0.717, 1.165) is 4.47 Å². The predicted octanol–water partition coefficient (Wildman–Crippen LogP) is 1.76. The number of β-amino-alcohol motifs (C(OH)–C–C–N with tert-alkyl or cyclic N) is 1. The van der Waals surface area contributed by atoms with Gasteiger partial charge in [-0.3, -0.25) is 4.79 Å². The summed E-state index contributed by atoms with van der Waals surface area (Å²) in [6.45, 7) is 0.458.